The number of nitrogens with zero attached hydrogens (tertiary/aromatic N) is 1. The van der Waals surface area contributed by atoms with Crippen molar-refractivity contribution in [3.05, 3.63) is 39.9 Å². The summed E-state index contributed by atoms with van der Waals surface area (Å²) in [6.45, 7) is 0.755. The Kier molecular flexibility index (Phi) is 3.39. The van der Waals surface area contributed by atoms with Crippen molar-refractivity contribution >= 4 is 0 Å². The summed E-state index contributed by atoms with van der Waals surface area (Å²) >= 11 is 0. The molecule has 0 amide bonds. The first-order valence-corrected chi connectivity index (χ1v) is 5.57. The van der Waals surface area contributed by atoms with Crippen LogP contribution in [0, 0.1) is 16.0 Å². The number of rotatable bonds is 6. The van der Waals surface area contributed by atoms with Crippen molar-refractivity contribution in [3.8, 4) is 5.75 Å². The van der Waals surface area contributed by atoms with E-state index in [4.69, 9.17) is 4.74 Å². The lowest BCUT2D eigenvalue weighted by Crippen LogP contribution is -2.04. The molecule has 1 aromatic carbocycles. The molecule has 86 valence electrons. The second kappa shape index (κ2) is 4.96. The Labute approximate surface area is 94.4 Å². The second-order valence-corrected chi connectivity index (χ2v) is 4.21. The van der Waals surface area contributed by atoms with E-state index in [1.54, 1.807) is 0 Å². The van der Waals surface area contributed by atoms with E-state index in [2.05, 4.69) is 0 Å². The molecule has 0 aromatic heterocycles. The molecule has 0 N–H and O–H groups in total. The van der Waals surface area contributed by atoms with Crippen molar-refractivity contribution in [2.45, 2.75) is 19.3 Å². The van der Waals surface area contributed by atoms with Crippen LogP contribution in [0.3, 0.4) is 0 Å². The molecule has 1 aromatic rings. The van der Waals surface area contributed by atoms with E-state index in [0.717, 1.165) is 23.8 Å². The maximum Gasteiger partial charge on any atom is 0.207 e. The van der Waals surface area contributed by atoms with Crippen LogP contribution in [-0.2, 0) is 6.42 Å². The second-order valence-electron chi connectivity index (χ2n) is 4.21. The first-order valence-electron chi connectivity index (χ1n) is 5.57. The molecule has 1 fully saturated rings. The Morgan fingerprint density at radius 3 is 2.94 bits per heavy atom. The number of hydrogen-bond acceptors (Lipinski definition) is 3. The van der Waals surface area contributed by atoms with Gasteiger partial charge in [0.25, 0.3) is 0 Å². The van der Waals surface area contributed by atoms with Gasteiger partial charge in [0.2, 0.25) is 6.54 Å². The Hall–Kier alpha value is -1.58. The van der Waals surface area contributed by atoms with Gasteiger partial charge in [-0.05, 0) is 36.5 Å². The molecule has 1 saturated carbocycles. The zero-order valence-corrected chi connectivity index (χ0v) is 9.09. The average Bonchev–Trinajstić information content (AvgIpc) is 3.08. The normalized spacial score (nSPS) is 14.8. The Morgan fingerprint density at radius 2 is 2.25 bits per heavy atom. The molecule has 0 heterocycles. The number of benzene rings is 1. The van der Waals surface area contributed by atoms with Crippen molar-refractivity contribution in [3.63, 3.8) is 0 Å². The maximum atomic E-state index is 10.3. The zero-order valence-electron chi connectivity index (χ0n) is 9.09. The van der Waals surface area contributed by atoms with E-state index < -0.39 is 0 Å². The summed E-state index contributed by atoms with van der Waals surface area (Å²) in [4.78, 5) is 9.96. The molecule has 0 atom stereocenters. The van der Waals surface area contributed by atoms with Crippen LogP contribution < -0.4 is 4.74 Å². The van der Waals surface area contributed by atoms with Gasteiger partial charge in [0.15, 0.2) is 0 Å². The topological polar surface area (TPSA) is 52.4 Å². The van der Waals surface area contributed by atoms with Gasteiger partial charge in [0.05, 0.1) is 6.61 Å². The SMILES string of the molecule is O=[N+]([O-])CCc1cccc(OCC2CC2)c1. The summed E-state index contributed by atoms with van der Waals surface area (Å²) in [5, 5.41) is 10.3. The van der Waals surface area contributed by atoms with Gasteiger partial charge >= 0.3 is 0 Å². The van der Waals surface area contributed by atoms with Crippen LogP contribution in [0.1, 0.15) is 18.4 Å². The molecule has 4 heteroatoms. The van der Waals surface area contributed by atoms with Crippen LogP contribution in [0.2, 0.25) is 0 Å². The predicted octanol–water partition coefficient (Wildman–Crippen LogP) is 2.29. The highest BCUT2D eigenvalue weighted by molar-refractivity contribution is 5.28. The molecule has 1 aliphatic rings. The third-order valence-electron chi connectivity index (χ3n) is 2.66. The van der Waals surface area contributed by atoms with E-state index in [0.29, 0.717) is 6.42 Å². The van der Waals surface area contributed by atoms with E-state index in [1.807, 2.05) is 24.3 Å². The lowest BCUT2D eigenvalue weighted by Gasteiger charge is -2.06. The maximum absolute atomic E-state index is 10.3. The van der Waals surface area contributed by atoms with Gasteiger partial charge in [-0.15, -0.1) is 0 Å². The number of hydrogen-bond donors (Lipinski definition) is 0. The minimum atomic E-state index is -0.294. The molecule has 16 heavy (non-hydrogen) atoms. The summed E-state index contributed by atoms with van der Waals surface area (Å²) in [5.41, 5.74) is 0.963. The molecule has 1 aliphatic carbocycles. The van der Waals surface area contributed by atoms with Crippen molar-refractivity contribution < 1.29 is 9.66 Å². The van der Waals surface area contributed by atoms with E-state index in [1.165, 1.54) is 12.8 Å². The van der Waals surface area contributed by atoms with Gasteiger partial charge in [0.1, 0.15) is 5.75 Å². The number of nitro groups is 1. The van der Waals surface area contributed by atoms with Crippen LogP contribution in [0.15, 0.2) is 24.3 Å². The fourth-order valence-electron chi connectivity index (χ4n) is 1.51. The van der Waals surface area contributed by atoms with Gasteiger partial charge in [0, 0.05) is 11.3 Å². The summed E-state index contributed by atoms with van der Waals surface area (Å²) in [6, 6.07) is 7.58. The van der Waals surface area contributed by atoms with Gasteiger partial charge in [-0.2, -0.15) is 0 Å². The first-order chi connectivity index (χ1) is 7.74. The first kappa shape index (κ1) is 10.9. The summed E-state index contributed by atoms with van der Waals surface area (Å²) in [5.74, 6) is 1.55. The molecule has 0 bridgehead atoms. The zero-order chi connectivity index (χ0) is 11.4. The standard InChI is InChI=1S/C12H15NO3/c14-13(15)7-6-10-2-1-3-12(8-10)16-9-11-4-5-11/h1-3,8,11H,4-7,9H2. The molecule has 0 radical (unpaired) electrons. The fourth-order valence-corrected chi connectivity index (χ4v) is 1.51. The Balaban J connectivity index is 1.87. The minimum absolute atomic E-state index is 0.0217. The highest BCUT2D eigenvalue weighted by Gasteiger charge is 2.21. The largest absolute Gasteiger partial charge is 0.493 e. The highest BCUT2D eigenvalue weighted by atomic mass is 16.6. The molecule has 2 rings (SSSR count). The predicted molar refractivity (Wildman–Crippen MR) is 60.2 cm³/mol. The molecule has 0 spiro atoms. The van der Waals surface area contributed by atoms with Crippen LogP contribution in [-0.4, -0.2) is 18.1 Å². The smallest absolute Gasteiger partial charge is 0.207 e. The van der Waals surface area contributed by atoms with E-state index >= 15 is 0 Å². The fraction of sp³-hybridized carbons (Fsp3) is 0.500. The van der Waals surface area contributed by atoms with Gasteiger partial charge in [-0.25, -0.2) is 0 Å². The van der Waals surface area contributed by atoms with Crippen molar-refractivity contribution in [2.75, 3.05) is 13.2 Å². The third kappa shape index (κ3) is 3.53. The summed E-state index contributed by atoms with van der Waals surface area (Å²) in [7, 11) is 0. The van der Waals surface area contributed by atoms with Crippen molar-refractivity contribution in [2.24, 2.45) is 5.92 Å². The lowest BCUT2D eigenvalue weighted by molar-refractivity contribution is -0.479. The minimum Gasteiger partial charge on any atom is -0.493 e. The molecule has 0 aliphatic heterocycles. The highest BCUT2D eigenvalue weighted by Crippen LogP contribution is 2.29. The molecular weight excluding hydrogens is 206 g/mol. The van der Waals surface area contributed by atoms with Crippen LogP contribution >= 0.6 is 0 Å². The van der Waals surface area contributed by atoms with Crippen LogP contribution in [0.25, 0.3) is 0 Å². The molecular formula is C12H15NO3. The quantitative estimate of drug-likeness (QED) is 0.547. The lowest BCUT2D eigenvalue weighted by atomic mass is 10.1. The monoisotopic (exact) mass is 221 g/mol. The Morgan fingerprint density at radius 1 is 1.44 bits per heavy atom. The van der Waals surface area contributed by atoms with Crippen molar-refractivity contribution in [1.82, 2.24) is 0 Å². The van der Waals surface area contributed by atoms with Crippen molar-refractivity contribution in [1.29, 1.82) is 0 Å². The van der Waals surface area contributed by atoms with Gasteiger partial charge in [-0.1, -0.05) is 12.1 Å². The average molecular weight is 221 g/mol. The number of ether oxygens (including phenoxy) is 1. The van der Waals surface area contributed by atoms with E-state index in [9.17, 15) is 10.1 Å². The third-order valence-corrected chi connectivity index (χ3v) is 2.66. The van der Waals surface area contributed by atoms with Gasteiger partial charge < -0.3 is 4.74 Å². The van der Waals surface area contributed by atoms with Gasteiger partial charge in [-0.3, -0.25) is 10.1 Å². The Bertz CT molecular complexity index is 374. The molecule has 0 unspecified atom stereocenters. The molecule has 0 saturated heterocycles. The summed E-state index contributed by atoms with van der Waals surface area (Å²) in [6.07, 6.45) is 3.00. The van der Waals surface area contributed by atoms with Crippen LogP contribution in [0.5, 0.6) is 5.75 Å². The van der Waals surface area contributed by atoms with Crippen LogP contribution in [0.4, 0.5) is 0 Å². The summed E-state index contributed by atoms with van der Waals surface area (Å²) < 4.78 is 5.61. The van der Waals surface area contributed by atoms with E-state index in [-0.39, 0.29) is 11.5 Å². The molecule has 4 nitrogen and oxygen atoms in total.